The van der Waals surface area contributed by atoms with Crippen molar-refractivity contribution in [2.45, 2.75) is 51.5 Å². The van der Waals surface area contributed by atoms with Gasteiger partial charge in [-0.2, -0.15) is 0 Å². The van der Waals surface area contributed by atoms with Gasteiger partial charge in [-0.25, -0.2) is 4.79 Å². The molecule has 1 saturated heterocycles. The van der Waals surface area contributed by atoms with E-state index in [4.69, 9.17) is 0 Å². The summed E-state index contributed by atoms with van der Waals surface area (Å²) in [6, 6.07) is -0.271. The van der Waals surface area contributed by atoms with Crippen molar-refractivity contribution in [3.8, 4) is 0 Å². The number of nitrogens with one attached hydrogen (secondary N) is 3. The van der Waals surface area contributed by atoms with Crippen molar-refractivity contribution in [3.05, 3.63) is 0 Å². The first-order valence-electron chi connectivity index (χ1n) is 10.0. The molecule has 26 heavy (non-hydrogen) atoms. The number of carbonyl (C=O) groups is 3. The number of urea groups is 1. The lowest BCUT2D eigenvalue weighted by molar-refractivity contribution is -0.126. The Labute approximate surface area is 155 Å². The van der Waals surface area contributed by atoms with Gasteiger partial charge in [0.2, 0.25) is 11.8 Å². The number of amides is 4. The van der Waals surface area contributed by atoms with Crippen molar-refractivity contribution in [1.29, 1.82) is 0 Å². The Morgan fingerprint density at radius 2 is 1.81 bits per heavy atom. The third kappa shape index (κ3) is 4.55. The van der Waals surface area contributed by atoms with Gasteiger partial charge in [-0.15, -0.1) is 0 Å². The molecule has 7 nitrogen and oxygen atoms in total. The molecule has 2 saturated carbocycles. The summed E-state index contributed by atoms with van der Waals surface area (Å²) in [6.45, 7) is 3.67. The minimum atomic E-state index is -0.384. The van der Waals surface area contributed by atoms with Gasteiger partial charge >= 0.3 is 6.03 Å². The van der Waals surface area contributed by atoms with Gasteiger partial charge in [0.25, 0.3) is 0 Å². The molecule has 3 rings (SSSR count). The van der Waals surface area contributed by atoms with Crippen LogP contribution in [0.15, 0.2) is 0 Å². The Morgan fingerprint density at radius 1 is 1.08 bits per heavy atom. The average Bonchev–Trinajstić information content (AvgIpc) is 3.24. The third-order valence-electron chi connectivity index (χ3n) is 6.62. The monoisotopic (exact) mass is 364 g/mol. The summed E-state index contributed by atoms with van der Waals surface area (Å²) in [4.78, 5) is 37.9. The molecule has 4 amide bonds. The zero-order chi connectivity index (χ0) is 18.7. The molecule has 2 bridgehead atoms. The second-order valence-electron chi connectivity index (χ2n) is 8.31. The fourth-order valence-corrected chi connectivity index (χ4v) is 5.18. The minimum Gasteiger partial charge on any atom is -0.359 e. The Balaban J connectivity index is 1.35. The molecule has 3 fully saturated rings. The van der Waals surface area contributed by atoms with Gasteiger partial charge in [-0.1, -0.05) is 6.42 Å². The molecule has 0 radical (unpaired) electrons. The Morgan fingerprint density at radius 3 is 2.38 bits per heavy atom. The van der Waals surface area contributed by atoms with Crippen LogP contribution in [-0.2, 0) is 9.59 Å². The molecule has 0 aromatic heterocycles. The molecule has 1 heterocycles. The number of rotatable bonds is 5. The summed E-state index contributed by atoms with van der Waals surface area (Å²) in [5.41, 5.74) is 0. The SMILES string of the molecule is CNC(=O)C1CCN(CC(=O)NC(=O)NC(C)C2CC3CCC2C3)CC1. The van der Waals surface area contributed by atoms with E-state index in [2.05, 4.69) is 22.9 Å². The maximum absolute atomic E-state index is 12.1. The largest absolute Gasteiger partial charge is 0.359 e. The van der Waals surface area contributed by atoms with E-state index in [1.165, 1.54) is 25.7 Å². The Hall–Kier alpha value is -1.63. The number of fused-ring (bicyclic) bond motifs is 2. The van der Waals surface area contributed by atoms with Gasteiger partial charge in [0.15, 0.2) is 0 Å². The lowest BCUT2D eigenvalue weighted by Crippen LogP contribution is -2.50. The summed E-state index contributed by atoms with van der Waals surface area (Å²) in [7, 11) is 1.65. The topological polar surface area (TPSA) is 90.5 Å². The fourth-order valence-electron chi connectivity index (χ4n) is 5.18. The smallest absolute Gasteiger partial charge is 0.321 e. The average molecular weight is 364 g/mol. The van der Waals surface area contributed by atoms with Crippen LogP contribution in [0.1, 0.15) is 45.4 Å². The molecule has 7 heteroatoms. The van der Waals surface area contributed by atoms with Crippen LogP contribution in [0.4, 0.5) is 4.79 Å². The van der Waals surface area contributed by atoms with Gasteiger partial charge in [-0.3, -0.25) is 19.8 Å². The fraction of sp³-hybridized carbons (Fsp3) is 0.842. The first kappa shape index (κ1) is 19.1. The first-order valence-corrected chi connectivity index (χ1v) is 10.0. The molecule has 2 aliphatic carbocycles. The number of carbonyl (C=O) groups excluding carboxylic acids is 3. The van der Waals surface area contributed by atoms with E-state index in [1.807, 2.05) is 4.90 Å². The number of likely N-dealkylation sites (tertiary alicyclic amines) is 1. The van der Waals surface area contributed by atoms with Crippen LogP contribution in [0, 0.1) is 23.7 Å². The predicted molar refractivity (Wildman–Crippen MR) is 98.3 cm³/mol. The quantitative estimate of drug-likeness (QED) is 0.681. The highest BCUT2D eigenvalue weighted by molar-refractivity contribution is 5.95. The highest BCUT2D eigenvalue weighted by atomic mass is 16.2. The van der Waals surface area contributed by atoms with Crippen LogP contribution in [-0.4, -0.2) is 55.5 Å². The van der Waals surface area contributed by atoms with Crippen molar-refractivity contribution in [2.75, 3.05) is 26.7 Å². The van der Waals surface area contributed by atoms with Gasteiger partial charge in [0, 0.05) is 19.0 Å². The summed E-state index contributed by atoms with van der Waals surface area (Å²) in [5, 5.41) is 8.10. The van der Waals surface area contributed by atoms with Gasteiger partial charge in [0.05, 0.1) is 6.54 Å². The summed E-state index contributed by atoms with van der Waals surface area (Å²) >= 11 is 0. The molecular formula is C19H32N4O3. The summed E-state index contributed by atoms with van der Waals surface area (Å²) < 4.78 is 0. The van der Waals surface area contributed by atoms with Crippen LogP contribution in [0.5, 0.6) is 0 Å². The zero-order valence-electron chi connectivity index (χ0n) is 15.9. The molecule has 0 aromatic carbocycles. The second-order valence-corrected chi connectivity index (χ2v) is 8.31. The molecule has 4 unspecified atom stereocenters. The van der Waals surface area contributed by atoms with Crippen LogP contribution < -0.4 is 16.0 Å². The molecule has 0 spiro atoms. The highest BCUT2D eigenvalue weighted by Crippen LogP contribution is 2.49. The molecule has 146 valence electrons. The molecule has 1 aliphatic heterocycles. The van der Waals surface area contributed by atoms with Crippen molar-refractivity contribution in [2.24, 2.45) is 23.7 Å². The van der Waals surface area contributed by atoms with Crippen LogP contribution in [0.2, 0.25) is 0 Å². The number of imide groups is 1. The van der Waals surface area contributed by atoms with E-state index in [1.54, 1.807) is 7.05 Å². The van der Waals surface area contributed by atoms with Gasteiger partial charge < -0.3 is 10.6 Å². The zero-order valence-corrected chi connectivity index (χ0v) is 15.9. The van der Waals surface area contributed by atoms with E-state index in [9.17, 15) is 14.4 Å². The van der Waals surface area contributed by atoms with Crippen LogP contribution in [0.25, 0.3) is 0 Å². The normalized spacial score (nSPS) is 30.0. The van der Waals surface area contributed by atoms with Gasteiger partial charge in [0.1, 0.15) is 0 Å². The number of piperidine rings is 1. The summed E-state index contributed by atoms with van der Waals surface area (Å²) in [5.74, 6) is 1.97. The van der Waals surface area contributed by atoms with E-state index in [0.717, 1.165) is 24.7 Å². The predicted octanol–water partition coefficient (Wildman–Crippen LogP) is 1.09. The van der Waals surface area contributed by atoms with E-state index in [0.29, 0.717) is 19.0 Å². The van der Waals surface area contributed by atoms with Crippen molar-refractivity contribution < 1.29 is 14.4 Å². The van der Waals surface area contributed by atoms with Crippen molar-refractivity contribution in [1.82, 2.24) is 20.9 Å². The first-order chi connectivity index (χ1) is 12.5. The molecule has 3 aliphatic rings. The van der Waals surface area contributed by atoms with Crippen LogP contribution >= 0.6 is 0 Å². The maximum Gasteiger partial charge on any atom is 0.321 e. The molecule has 0 aromatic rings. The van der Waals surface area contributed by atoms with Gasteiger partial charge in [-0.05, 0) is 69.9 Å². The standard InChI is InChI=1S/C19H32N4O3/c1-12(16-10-13-3-4-15(16)9-13)21-19(26)22-17(24)11-23-7-5-14(6-8-23)18(25)20-2/h12-16H,3-11H2,1-2H3,(H,20,25)(H2,21,22,24,26). The Kier molecular flexibility index (Phi) is 6.16. The van der Waals surface area contributed by atoms with E-state index in [-0.39, 0.29) is 36.3 Å². The number of hydrogen-bond donors (Lipinski definition) is 3. The lowest BCUT2D eigenvalue weighted by atomic mass is 9.84. The van der Waals surface area contributed by atoms with Crippen molar-refractivity contribution >= 4 is 17.8 Å². The Bertz CT molecular complexity index is 545. The highest BCUT2D eigenvalue weighted by Gasteiger charge is 2.42. The molecule has 3 N–H and O–H groups in total. The van der Waals surface area contributed by atoms with Crippen LogP contribution in [0.3, 0.4) is 0 Å². The third-order valence-corrected chi connectivity index (χ3v) is 6.62. The number of nitrogens with zero attached hydrogens (tertiary/aromatic N) is 1. The van der Waals surface area contributed by atoms with E-state index < -0.39 is 0 Å². The lowest BCUT2D eigenvalue weighted by Gasteiger charge is -2.30. The second kappa shape index (κ2) is 8.37. The number of hydrogen-bond acceptors (Lipinski definition) is 4. The maximum atomic E-state index is 12.1. The van der Waals surface area contributed by atoms with E-state index >= 15 is 0 Å². The molecular weight excluding hydrogens is 332 g/mol. The van der Waals surface area contributed by atoms with Crippen molar-refractivity contribution in [3.63, 3.8) is 0 Å². The summed E-state index contributed by atoms with van der Waals surface area (Å²) in [6.07, 6.45) is 6.65. The molecule has 4 atom stereocenters. The minimum absolute atomic E-state index is 0.0326.